The number of halogens is 2. The van der Waals surface area contributed by atoms with E-state index in [1.54, 1.807) is 0 Å². The summed E-state index contributed by atoms with van der Waals surface area (Å²) in [5.74, 6) is -1.71. The molecule has 1 aromatic rings. The number of hydrogen-bond donors (Lipinski definition) is 2. The summed E-state index contributed by atoms with van der Waals surface area (Å²) >= 11 is 0. The van der Waals surface area contributed by atoms with Gasteiger partial charge in [-0.05, 0) is 18.1 Å². The van der Waals surface area contributed by atoms with Crippen molar-refractivity contribution in [1.29, 1.82) is 0 Å². The van der Waals surface area contributed by atoms with Crippen molar-refractivity contribution >= 4 is 5.91 Å². The highest BCUT2D eigenvalue weighted by molar-refractivity contribution is 5.78. The first-order valence-electron chi connectivity index (χ1n) is 6.02. The summed E-state index contributed by atoms with van der Waals surface area (Å²) in [6, 6.07) is 3.13. The molecule has 19 heavy (non-hydrogen) atoms. The molecule has 1 aromatic carbocycles. The second-order valence-corrected chi connectivity index (χ2v) is 3.95. The molecule has 1 rings (SSSR count). The van der Waals surface area contributed by atoms with Crippen molar-refractivity contribution in [2.45, 2.75) is 12.8 Å². The molecule has 0 aliphatic heterocycles. The van der Waals surface area contributed by atoms with E-state index < -0.39 is 11.6 Å². The Morgan fingerprint density at radius 1 is 1.32 bits per heavy atom. The fraction of sp³-hybridized carbons (Fsp3) is 0.462. The number of benzene rings is 1. The van der Waals surface area contributed by atoms with Crippen molar-refractivity contribution in [3.05, 3.63) is 35.4 Å². The van der Waals surface area contributed by atoms with E-state index >= 15 is 0 Å². The zero-order chi connectivity index (χ0) is 14.1. The minimum Gasteiger partial charge on any atom is -0.394 e. The first-order chi connectivity index (χ1) is 9.13. The van der Waals surface area contributed by atoms with Crippen LogP contribution in [-0.2, 0) is 16.0 Å². The van der Waals surface area contributed by atoms with Crippen molar-refractivity contribution in [3.63, 3.8) is 0 Å². The van der Waals surface area contributed by atoms with Crippen LogP contribution in [0.1, 0.15) is 12.0 Å². The summed E-state index contributed by atoms with van der Waals surface area (Å²) in [6.07, 6.45) is 0.487. The highest BCUT2D eigenvalue weighted by Gasteiger charge is 2.08. The predicted octanol–water partition coefficient (Wildman–Crippen LogP) is 1.02. The van der Waals surface area contributed by atoms with Crippen LogP contribution in [0.15, 0.2) is 18.2 Å². The maximum absolute atomic E-state index is 13.3. The number of amides is 1. The SMILES string of the molecule is O=C(Cc1ccc(F)cc1F)NCCCOCCO. The molecular weight excluding hydrogens is 256 g/mol. The molecule has 0 saturated carbocycles. The molecular formula is C13H17F2NO3. The van der Waals surface area contributed by atoms with E-state index in [2.05, 4.69) is 5.32 Å². The topological polar surface area (TPSA) is 58.6 Å². The number of nitrogens with one attached hydrogen (secondary N) is 1. The maximum atomic E-state index is 13.3. The molecule has 0 aliphatic rings. The van der Waals surface area contributed by atoms with Gasteiger partial charge in [0.2, 0.25) is 5.91 Å². The second-order valence-electron chi connectivity index (χ2n) is 3.95. The largest absolute Gasteiger partial charge is 0.394 e. The van der Waals surface area contributed by atoms with Gasteiger partial charge >= 0.3 is 0 Å². The summed E-state index contributed by atoms with van der Waals surface area (Å²) in [6.45, 7) is 1.09. The Balaban J connectivity index is 2.23. The molecule has 0 spiro atoms. The van der Waals surface area contributed by atoms with Crippen LogP contribution in [0.4, 0.5) is 8.78 Å². The van der Waals surface area contributed by atoms with E-state index in [1.807, 2.05) is 0 Å². The van der Waals surface area contributed by atoms with Crippen molar-refractivity contribution in [3.8, 4) is 0 Å². The number of aliphatic hydroxyl groups is 1. The van der Waals surface area contributed by atoms with Crippen molar-refractivity contribution in [2.24, 2.45) is 0 Å². The Morgan fingerprint density at radius 2 is 2.11 bits per heavy atom. The number of carbonyl (C=O) groups is 1. The smallest absolute Gasteiger partial charge is 0.224 e. The third-order valence-electron chi connectivity index (χ3n) is 2.39. The fourth-order valence-electron chi connectivity index (χ4n) is 1.47. The summed E-state index contributed by atoms with van der Waals surface area (Å²) in [5, 5.41) is 11.1. The highest BCUT2D eigenvalue weighted by Crippen LogP contribution is 2.09. The van der Waals surface area contributed by atoms with Crippen molar-refractivity contribution in [1.82, 2.24) is 5.32 Å². The molecule has 106 valence electrons. The molecule has 0 fully saturated rings. The lowest BCUT2D eigenvalue weighted by Crippen LogP contribution is -2.27. The van der Waals surface area contributed by atoms with Gasteiger partial charge in [-0.2, -0.15) is 0 Å². The van der Waals surface area contributed by atoms with Crippen LogP contribution in [0.3, 0.4) is 0 Å². The Hall–Kier alpha value is -1.53. The summed E-state index contributed by atoms with van der Waals surface area (Å²) in [4.78, 5) is 11.5. The van der Waals surface area contributed by atoms with Gasteiger partial charge in [0.05, 0.1) is 19.6 Å². The number of hydrogen-bond acceptors (Lipinski definition) is 3. The van der Waals surface area contributed by atoms with Crippen LogP contribution in [0.5, 0.6) is 0 Å². The van der Waals surface area contributed by atoms with Gasteiger partial charge in [0.25, 0.3) is 0 Å². The van der Waals surface area contributed by atoms with Crippen LogP contribution in [0.2, 0.25) is 0 Å². The van der Waals surface area contributed by atoms with E-state index in [9.17, 15) is 13.6 Å². The molecule has 4 nitrogen and oxygen atoms in total. The maximum Gasteiger partial charge on any atom is 0.224 e. The molecule has 0 unspecified atom stereocenters. The van der Waals surface area contributed by atoms with Gasteiger partial charge < -0.3 is 15.2 Å². The molecule has 0 radical (unpaired) electrons. The molecule has 0 bridgehead atoms. The summed E-state index contributed by atoms with van der Waals surface area (Å²) in [5.41, 5.74) is 0.162. The standard InChI is InChI=1S/C13H17F2NO3/c14-11-3-2-10(12(15)9-11)8-13(18)16-4-1-6-19-7-5-17/h2-3,9,17H,1,4-8H2,(H,16,18). The zero-order valence-corrected chi connectivity index (χ0v) is 10.5. The minimum atomic E-state index is -0.721. The lowest BCUT2D eigenvalue weighted by atomic mass is 10.1. The van der Waals surface area contributed by atoms with E-state index in [0.29, 0.717) is 19.6 Å². The van der Waals surface area contributed by atoms with Crippen LogP contribution >= 0.6 is 0 Å². The Kier molecular flexibility index (Phi) is 6.99. The lowest BCUT2D eigenvalue weighted by Gasteiger charge is -2.06. The Morgan fingerprint density at radius 3 is 2.79 bits per heavy atom. The Labute approximate surface area is 110 Å². The van der Waals surface area contributed by atoms with E-state index in [-0.39, 0.29) is 31.1 Å². The predicted molar refractivity (Wildman–Crippen MR) is 65.6 cm³/mol. The Bertz CT molecular complexity index is 413. The van der Waals surface area contributed by atoms with E-state index in [0.717, 1.165) is 12.1 Å². The third-order valence-corrected chi connectivity index (χ3v) is 2.39. The average molecular weight is 273 g/mol. The van der Waals surface area contributed by atoms with Gasteiger partial charge in [-0.15, -0.1) is 0 Å². The van der Waals surface area contributed by atoms with Gasteiger partial charge in [-0.1, -0.05) is 6.07 Å². The first-order valence-corrected chi connectivity index (χ1v) is 6.02. The number of ether oxygens (including phenoxy) is 1. The summed E-state index contributed by atoms with van der Waals surface area (Å²) in [7, 11) is 0. The highest BCUT2D eigenvalue weighted by atomic mass is 19.1. The minimum absolute atomic E-state index is 0.0315. The first kappa shape index (κ1) is 15.5. The van der Waals surface area contributed by atoms with Gasteiger partial charge in [0, 0.05) is 19.2 Å². The summed E-state index contributed by atoms with van der Waals surface area (Å²) < 4.78 is 30.9. The van der Waals surface area contributed by atoms with Gasteiger partial charge in [0.1, 0.15) is 11.6 Å². The number of rotatable bonds is 8. The molecule has 0 saturated heterocycles. The quantitative estimate of drug-likeness (QED) is 0.695. The van der Waals surface area contributed by atoms with E-state index in [4.69, 9.17) is 9.84 Å². The normalized spacial score (nSPS) is 10.5. The molecule has 0 aliphatic carbocycles. The lowest BCUT2D eigenvalue weighted by molar-refractivity contribution is -0.120. The molecule has 0 aromatic heterocycles. The molecule has 6 heteroatoms. The third kappa shape index (κ3) is 6.26. The van der Waals surface area contributed by atoms with Crippen LogP contribution in [0, 0.1) is 11.6 Å². The number of carbonyl (C=O) groups excluding carboxylic acids is 1. The molecule has 2 N–H and O–H groups in total. The monoisotopic (exact) mass is 273 g/mol. The van der Waals surface area contributed by atoms with Gasteiger partial charge in [0.15, 0.2) is 0 Å². The second kappa shape index (κ2) is 8.55. The van der Waals surface area contributed by atoms with E-state index in [1.165, 1.54) is 6.07 Å². The molecule has 1 amide bonds. The van der Waals surface area contributed by atoms with Crippen LogP contribution in [-0.4, -0.2) is 37.4 Å². The van der Waals surface area contributed by atoms with Crippen molar-refractivity contribution < 1.29 is 23.4 Å². The zero-order valence-electron chi connectivity index (χ0n) is 10.5. The van der Waals surface area contributed by atoms with Crippen LogP contribution in [0.25, 0.3) is 0 Å². The molecule has 0 heterocycles. The number of aliphatic hydroxyl groups excluding tert-OH is 1. The van der Waals surface area contributed by atoms with Gasteiger partial charge in [-0.3, -0.25) is 4.79 Å². The van der Waals surface area contributed by atoms with Crippen molar-refractivity contribution in [2.75, 3.05) is 26.4 Å². The molecule has 0 atom stereocenters. The van der Waals surface area contributed by atoms with Gasteiger partial charge in [-0.25, -0.2) is 8.78 Å². The average Bonchev–Trinajstić information content (AvgIpc) is 2.37. The van der Waals surface area contributed by atoms with Crippen LogP contribution < -0.4 is 5.32 Å². The fourth-order valence-corrected chi connectivity index (χ4v) is 1.47.